The molecule has 1 aromatic carbocycles. The summed E-state index contributed by atoms with van der Waals surface area (Å²) in [7, 11) is 0. The number of hydrogen-bond acceptors (Lipinski definition) is 6. The van der Waals surface area contributed by atoms with Crippen LogP contribution in [0.3, 0.4) is 0 Å². The minimum absolute atomic E-state index is 0.112. The van der Waals surface area contributed by atoms with E-state index in [4.69, 9.17) is 4.99 Å². The maximum absolute atomic E-state index is 4.70. The van der Waals surface area contributed by atoms with E-state index in [9.17, 15) is 0 Å². The zero-order valence-electron chi connectivity index (χ0n) is 12.8. The van der Waals surface area contributed by atoms with Crippen LogP contribution in [0.5, 0.6) is 0 Å². The van der Waals surface area contributed by atoms with Crippen molar-refractivity contribution in [3.63, 3.8) is 0 Å². The van der Waals surface area contributed by atoms with Gasteiger partial charge in [0.25, 0.3) is 0 Å². The fraction of sp³-hybridized carbons (Fsp3) is 0.250. The molecule has 3 aliphatic rings. The summed E-state index contributed by atoms with van der Waals surface area (Å²) in [5, 5.41) is 12.6. The molecule has 1 unspecified atom stereocenters. The molecule has 0 amide bonds. The van der Waals surface area contributed by atoms with Gasteiger partial charge in [0, 0.05) is 11.5 Å². The average molecular weight is 318 g/mol. The molecule has 6 rings (SSSR count). The second-order valence-corrected chi connectivity index (χ2v) is 6.32. The molecular weight excluding hydrogens is 304 g/mol. The number of benzene rings is 1. The second kappa shape index (κ2) is 4.22. The first-order valence-electron chi connectivity index (χ1n) is 8.06. The molecule has 4 heterocycles. The van der Waals surface area contributed by atoms with Gasteiger partial charge in [0.05, 0.1) is 23.8 Å². The van der Waals surface area contributed by atoms with Crippen molar-refractivity contribution in [3.8, 4) is 5.69 Å². The van der Waals surface area contributed by atoms with E-state index in [-0.39, 0.29) is 6.17 Å². The first-order chi connectivity index (χ1) is 11.9. The number of rotatable bonds is 2. The molecule has 8 heteroatoms. The standard InChI is InChI=1S/C16H14N8/c1-2-4-14-12(3-1)16-18-10-23(24(16)15-7-17-9-21(14)15)22-8-13(19-20-22)11-5-6-11/h1-4,7-11,16H,5-6H2. The Morgan fingerprint density at radius 2 is 2.04 bits per heavy atom. The lowest BCUT2D eigenvalue weighted by atomic mass is 10.1. The van der Waals surface area contributed by atoms with Crippen molar-refractivity contribution in [1.82, 2.24) is 24.7 Å². The van der Waals surface area contributed by atoms with Crippen LogP contribution in [0, 0.1) is 0 Å². The van der Waals surface area contributed by atoms with Crippen molar-refractivity contribution in [2.75, 3.05) is 10.1 Å². The van der Waals surface area contributed by atoms with Crippen molar-refractivity contribution in [2.45, 2.75) is 24.9 Å². The number of imidazole rings is 1. The summed E-state index contributed by atoms with van der Waals surface area (Å²) in [6.45, 7) is 0. The molecule has 1 aliphatic carbocycles. The average Bonchev–Trinajstić information content (AvgIpc) is 3.05. The van der Waals surface area contributed by atoms with E-state index in [1.165, 1.54) is 12.8 Å². The Morgan fingerprint density at radius 1 is 1.12 bits per heavy atom. The number of hydrogen-bond donors (Lipinski definition) is 0. The lowest BCUT2D eigenvalue weighted by Gasteiger charge is -2.36. The Bertz CT molecular complexity index is 966. The molecule has 2 aromatic heterocycles. The van der Waals surface area contributed by atoms with E-state index in [1.807, 2.05) is 36.0 Å². The number of aliphatic imine (C=N–C) groups is 1. The van der Waals surface area contributed by atoms with Gasteiger partial charge in [-0.05, 0) is 24.1 Å². The van der Waals surface area contributed by atoms with E-state index in [0.29, 0.717) is 5.92 Å². The largest absolute Gasteiger partial charge is 0.284 e. The van der Waals surface area contributed by atoms with Gasteiger partial charge in [-0.25, -0.2) is 15.0 Å². The summed E-state index contributed by atoms with van der Waals surface area (Å²) >= 11 is 0. The fourth-order valence-corrected chi connectivity index (χ4v) is 3.45. The predicted molar refractivity (Wildman–Crippen MR) is 87.5 cm³/mol. The number of nitrogens with zero attached hydrogens (tertiary/aromatic N) is 8. The van der Waals surface area contributed by atoms with Crippen molar-refractivity contribution in [1.29, 1.82) is 0 Å². The topological polar surface area (TPSA) is 67.4 Å². The first-order valence-corrected chi connectivity index (χ1v) is 8.06. The summed E-state index contributed by atoms with van der Waals surface area (Å²) in [5.41, 5.74) is 3.31. The molecule has 2 aliphatic heterocycles. The van der Waals surface area contributed by atoms with Gasteiger partial charge in [0.2, 0.25) is 0 Å². The van der Waals surface area contributed by atoms with Crippen LogP contribution >= 0.6 is 0 Å². The smallest absolute Gasteiger partial charge is 0.173 e. The van der Waals surface area contributed by atoms with Gasteiger partial charge in [-0.1, -0.05) is 18.2 Å². The maximum atomic E-state index is 4.70. The molecule has 0 spiro atoms. The minimum Gasteiger partial charge on any atom is -0.284 e. The quantitative estimate of drug-likeness (QED) is 0.720. The minimum atomic E-state index is -0.112. The molecular formula is C16H14N8. The Morgan fingerprint density at radius 3 is 2.96 bits per heavy atom. The van der Waals surface area contributed by atoms with Crippen molar-refractivity contribution < 1.29 is 0 Å². The van der Waals surface area contributed by atoms with Crippen LogP contribution < -0.4 is 10.1 Å². The highest BCUT2D eigenvalue weighted by Gasteiger charge is 2.39. The molecule has 118 valence electrons. The van der Waals surface area contributed by atoms with Gasteiger partial charge in [-0.3, -0.25) is 4.57 Å². The van der Waals surface area contributed by atoms with E-state index >= 15 is 0 Å². The molecule has 0 saturated heterocycles. The summed E-state index contributed by atoms with van der Waals surface area (Å²) in [6.07, 6.45) is 9.78. The first kappa shape index (κ1) is 12.3. The zero-order valence-corrected chi connectivity index (χ0v) is 12.8. The Hall–Kier alpha value is -3.16. The van der Waals surface area contributed by atoms with Crippen LogP contribution in [0.2, 0.25) is 0 Å². The van der Waals surface area contributed by atoms with E-state index < -0.39 is 0 Å². The van der Waals surface area contributed by atoms with Crippen LogP contribution in [0.15, 0.2) is 48.0 Å². The highest BCUT2D eigenvalue weighted by Crippen LogP contribution is 2.41. The number of para-hydroxylation sites is 1. The third-order valence-electron chi connectivity index (χ3n) is 4.80. The number of fused-ring (bicyclic) bond motifs is 6. The highest BCUT2D eigenvalue weighted by molar-refractivity contribution is 5.78. The maximum Gasteiger partial charge on any atom is 0.173 e. The molecule has 1 saturated carbocycles. The monoisotopic (exact) mass is 318 g/mol. The van der Waals surface area contributed by atoms with Gasteiger partial charge >= 0.3 is 0 Å². The lowest BCUT2D eigenvalue weighted by molar-refractivity contribution is 0.541. The molecule has 0 radical (unpaired) electrons. The van der Waals surface area contributed by atoms with Crippen LogP contribution in [0.25, 0.3) is 5.69 Å². The molecule has 24 heavy (non-hydrogen) atoms. The highest BCUT2D eigenvalue weighted by atomic mass is 15.9. The van der Waals surface area contributed by atoms with Crippen LogP contribution in [0.1, 0.15) is 36.2 Å². The summed E-state index contributed by atoms with van der Waals surface area (Å²) < 4.78 is 2.08. The summed E-state index contributed by atoms with van der Waals surface area (Å²) in [4.78, 5) is 10.8. The normalized spacial score (nSPS) is 20.9. The van der Waals surface area contributed by atoms with E-state index in [1.54, 1.807) is 11.1 Å². The van der Waals surface area contributed by atoms with Crippen molar-refractivity contribution >= 4 is 12.2 Å². The SMILES string of the molecule is C1=NC2c3ccccc3-n3cncc3N2N1n1cc(C2CC2)nn1. The van der Waals surface area contributed by atoms with Gasteiger partial charge < -0.3 is 0 Å². The van der Waals surface area contributed by atoms with Crippen molar-refractivity contribution in [2.24, 2.45) is 4.99 Å². The van der Waals surface area contributed by atoms with E-state index in [2.05, 4.69) is 37.0 Å². The Labute approximate surface area is 137 Å². The third kappa shape index (κ3) is 1.52. The van der Waals surface area contributed by atoms with Crippen molar-refractivity contribution in [3.05, 3.63) is 54.2 Å². The summed E-state index contributed by atoms with van der Waals surface area (Å²) in [6, 6.07) is 8.27. The van der Waals surface area contributed by atoms with Crippen LogP contribution in [0.4, 0.5) is 5.82 Å². The Balaban J connectivity index is 1.48. The molecule has 8 nitrogen and oxygen atoms in total. The fourth-order valence-electron chi connectivity index (χ4n) is 3.45. The molecule has 0 N–H and O–H groups in total. The number of aromatic nitrogens is 5. The van der Waals surface area contributed by atoms with Crippen LogP contribution in [-0.2, 0) is 0 Å². The zero-order chi connectivity index (χ0) is 15.7. The predicted octanol–water partition coefficient (Wildman–Crippen LogP) is 1.75. The van der Waals surface area contributed by atoms with Crippen LogP contribution in [-0.4, -0.2) is 31.0 Å². The van der Waals surface area contributed by atoms with Gasteiger partial charge in [0.15, 0.2) is 12.0 Å². The van der Waals surface area contributed by atoms with Gasteiger partial charge in [0.1, 0.15) is 12.7 Å². The molecule has 0 bridgehead atoms. The van der Waals surface area contributed by atoms with E-state index in [0.717, 1.165) is 22.8 Å². The lowest BCUT2D eigenvalue weighted by Crippen LogP contribution is -2.49. The second-order valence-electron chi connectivity index (χ2n) is 6.32. The summed E-state index contributed by atoms with van der Waals surface area (Å²) in [5.74, 6) is 1.53. The number of hydrazine groups is 1. The molecule has 1 fully saturated rings. The number of anilines is 1. The van der Waals surface area contributed by atoms with Gasteiger partial charge in [-0.15, -0.1) is 9.89 Å². The third-order valence-corrected chi connectivity index (χ3v) is 4.80. The molecule has 1 atom stereocenters. The van der Waals surface area contributed by atoms with Gasteiger partial charge in [-0.2, -0.15) is 5.12 Å². The Kier molecular flexibility index (Phi) is 2.16. The molecule has 3 aromatic rings.